The molecule has 4 nitrogen and oxygen atoms in total. The second-order valence-electron chi connectivity index (χ2n) is 6.70. The first-order chi connectivity index (χ1) is 9.15. The van der Waals surface area contributed by atoms with Gasteiger partial charge < -0.3 is 4.57 Å². The smallest absolute Gasteiger partial charge is 0.158 e. The minimum absolute atomic E-state index is 0.107. The van der Waals surface area contributed by atoms with Gasteiger partial charge in [0.1, 0.15) is 11.3 Å². The Morgan fingerprint density at radius 2 is 1.85 bits per heavy atom. The molecular weight excluding hydrogens is 272 g/mol. The average molecular weight is 297 g/mol. The van der Waals surface area contributed by atoms with Gasteiger partial charge >= 0.3 is 0 Å². The molecule has 0 fully saturated rings. The molecule has 0 amide bonds. The Hall–Kier alpha value is -1.03. The first-order valence-electron chi connectivity index (χ1n) is 7.19. The highest BCUT2D eigenvalue weighted by molar-refractivity contribution is 6.20. The van der Waals surface area contributed by atoms with E-state index >= 15 is 0 Å². The second-order valence-corrected chi connectivity index (χ2v) is 7.35. The summed E-state index contributed by atoms with van der Waals surface area (Å²) in [7, 11) is 1.97. The number of nitrogens with zero attached hydrogens (tertiary/aromatic N) is 4. The molecule has 0 saturated carbocycles. The lowest BCUT2D eigenvalue weighted by atomic mass is 9.81. The molecule has 5 heteroatoms. The molecule has 0 aliphatic carbocycles. The summed E-state index contributed by atoms with van der Waals surface area (Å²) in [6, 6.07) is 0. The van der Waals surface area contributed by atoms with Crippen LogP contribution in [0.15, 0.2) is 0 Å². The summed E-state index contributed by atoms with van der Waals surface area (Å²) < 4.78 is 4.16. The van der Waals surface area contributed by atoms with Crippen molar-refractivity contribution in [1.29, 1.82) is 0 Å². The zero-order chi connectivity index (χ0) is 15.2. The minimum Gasteiger partial charge on any atom is -0.311 e. The van der Waals surface area contributed by atoms with E-state index in [4.69, 9.17) is 16.6 Å². The SMILES string of the molecule is Cc1nn(C)c2c1nc(C(C)Cl)n2CC(C)(C)C(C)C. The highest BCUT2D eigenvalue weighted by Gasteiger charge is 2.28. The molecule has 0 bridgehead atoms. The van der Waals surface area contributed by atoms with Crippen molar-refractivity contribution in [2.75, 3.05) is 0 Å². The van der Waals surface area contributed by atoms with E-state index in [0.29, 0.717) is 5.92 Å². The van der Waals surface area contributed by atoms with Crippen molar-refractivity contribution in [1.82, 2.24) is 19.3 Å². The summed E-state index contributed by atoms with van der Waals surface area (Å²) in [5, 5.41) is 4.37. The van der Waals surface area contributed by atoms with E-state index in [1.807, 2.05) is 25.6 Å². The third-order valence-electron chi connectivity index (χ3n) is 4.40. The standard InChI is InChI=1S/C15H25ClN4/c1-9(2)15(5,6)8-20-13(10(3)16)17-12-11(4)18-19(7)14(12)20/h9-10H,8H2,1-7H3. The normalized spacial score (nSPS) is 14.4. The molecular formula is C15H25ClN4. The number of hydrogen-bond donors (Lipinski definition) is 0. The fourth-order valence-electron chi connectivity index (χ4n) is 2.40. The van der Waals surface area contributed by atoms with Gasteiger partial charge in [0, 0.05) is 13.6 Å². The number of hydrogen-bond acceptors (Lipinski definition) is 2. The molecule has 0 radical (unpaired) electrons. The monoisotopic (exact) mass is 296 g/mol. The van der Waals surface area contributed by atoms with E-state index in [9.17, 15) is 0 Å². The Labute approximate surface area is 126 Å². The van der Waals surface area contributed by atoms with E-state index in [0.717, 1.165) is 29.2 Å². The quantitative estimate of drug-likeness (QED) is 0.798. The number of aryl methyl sites for hydroxylation is 2. The van der Waals surface area contributed by atoms with Crippen molar-refractivity contribution >= 4 is 22.8 Å². The van der Waals surface area contributed by atoms with Crippen molar-refractivity contribution in [3.8, 4) is 0 Å². The summed E-state index contributed by atoms with van der Waals surface area (Å²) in [4.78, 5) is 4.72. The number of imidazole rings is 1. The van der Waals surface area contributed by atoms with E-state index in [1.165, 1.54) is 0 Å². The van der Waals surface area contributed by atoms with E-state index in [2.05, 4.69) is 37.4 Å². The van der Waals surface area contributed by atoms with Crippen LogP contribution in [0.25, 0.3) is 11.2 Å². The highest BCUT2D eigenvalue weighted by atomic mass is 35.5. The molecule has 0 aromatic carbocycles. The van der Waals surface area contributed by atoms with Crippen LogP contribution in [-0.2, 0) is 13.6 Å². The summed E-state index contributed by atoms with van der Waals surface area (Å²) in [6.45, 7) is 14.0. The van der Waals surface area contributed by atoms with Crippen LogP contribution in [0.5, 0.6) is 0 Å². The Bertz CT molecular complexity index is 619. The summed E-state index contributed by atoms with van der Waals surface area (Å²) in [5.74, 6) is 1.51. The van der Waals surface area contributed by atoms with Crippen molar-refractivity contribution in [3.63, 3.8) is 0 Å². The molecule has 2 heterocycles. The van der Waals surface area contributed by atoms with Gasteiger partial charge in [0.05, 0.1) is 11.1 Å². The highest BCUT2D eigenvalue weighted by Crippen LogP contribution is 2.33. The van der Waals surface area contributed by atoms with Crippen molar-refractivity contribution < 1.29 is 0 Å². The summed E-state index contributed by atoms with van der Waals surface area (Å²) >= 11 is 6.34. The van der Waals surface area contributed by atoms with Crippen LogP contribution in [-0.4, -0.2) is 19.3 Å². The van der Waals surface area contributed by atoms with E-state index in [-0.39, 0.29) is 10.8 Å². The van der Waals surface area contributed by atoms with Crippen LogP contribution in [0, 0.1) is 18.3 Å². The van der Waals surface area contributed by atoms with Crippen LogP contribution in [0.1, 0.15) is 51.5 Å². The zero-order valence-electron chi connectivity index (χ0n) is 13.5. The lowest BCUT2D eigenvalue weighted by Crippen LogP contribution is -2.27. The van der Waals surface area contributed by atoms with Crippen LogP contribution in [0.3, 0.4) is 0 Å². The predicted octanol–water partition coefficient (Wildman–Crippen LogP) is 4.06. The number of aromatic nitrogens is 4. The van der Waals surface area contributed by atoms with Crippen LogP contribution in [0.4, 0.5) is 0 Å². The van der Waals surface area contributed by atoms with Gasteiger partial charge in [0.15, 0.2) is 5.65 Å². The number of alkyl halides is 1. The van der Waals surface area contributed by atoms with Crippen LogP contribution < -0.4 is 0 Å². The molecule has 0 saturated heterocycles. The third-order valence-corrected chi connectivity index (χ3v) is 4.60. The maximum absolute atomic E-state index is 6.34. The number of rotatable bonds is 4. The molecule has 0 aliphatic rings. The van der Waals surface area contributed by atoms with Gasteiger partial charge in [-0.3, -0.25) is 4.68 Å². The van der Waals surface area contributed by atoms with Crippen molar-refractivity contribution in [3.05, 3.63) is 11.5 Å². The average Bonchev–Trinajstić information content (AvgIpc) is 2.79. The molecule has 20 heavy (non-hydrogen) atoms. The van der Waals surface area contributed by atoms with Gasteiger partial charge in [-0.2, -0.15) is 5.10 Å². The molecule has 1 atom stereocenters. The molecule has 2 aromatic rings. The molecule has 1 unspecified atom stereocenters. The fourth-order valence-corrected chi connectivity index (χ4v) is 2.57. The zero-order valence-corrected chi connectivity index (χ0v) is 14.3. The van der Waals surface area contributed by atoms with Gasteiger partial charge in [-0.15, -0.1) is 11.6 Å². The van der Waals surface area contributed by atoms with E-state index in [1.54, 1.807) is 0 Å². The summed E-state index contributed by atoms with van der Waals surface area (Å²) in [6.07, 6.45) is 0. The van der Waals surface area contributed by atoms with Gasteiger partial charge in [-0.05, 0) is 25.2 Å². The van der Waals surface area contributed by atoms with Crippen molar-refractivity contribution in [2.24, 2.45) is 18.4 Å². The molecule has 0 aliphatic heterocycles. The Morgan fingerprint density at radius 1 is 1.25 bits per heavy atom. The Balaban J connectivity index is 2.63. The van der Waals surface area contributed by atoms with Gasteiger partial charge in [0.25, 0.3) is 0 Å². The Kier molecular flexibility index (Phi) is 3.89. The number of fused-ring (bicyclic) bond motifs is 1. The molecule has 0 N–H and O–H groups in total. The second kappa shape index (κ2) is 5.06. The topological polar surface area (TPSA) is 35.6 Å². The van der Waals surface area contributed by atoms with Gasteiger partial charge in [-0.1, -0.05) is 27.7 Å². The summed E-state index contributed by atoms with van der Waals surface area (Å²) in [5.41, 5.74) is 3.17. The third kappa shape index (κ3) is 2.46. The minimum atomic E-state index is -0.107. The molecule has 112 valence electrons. The van der Waals surface area contributed by atoms with Gasteiger partial charge in [-0.25, -0.2) is 4.98 Å². The first-order valence-corrected chi connectivity index (χ1v) is 7.62. The maximum Gasteiger partial charge on any atom is 0.158 e. The maximum atomic E-state index is 6.34. The molecule has 2 aromatic heterocycles. The lowest BCUT2D eigenvalue weighted by molar-refractivity contribution is 0.209. The predicted molar refractivity (Wildman–Crippen MR) is 84.1 cm³/mol. The van der Waals surface area contributed by atoms with Crippen LogP contribution in [0.2, 0.25) is 0 Å². The van der Waals surface area contributed by atoms with Gasteiger partial charge in [0.2, 0.25) is 0 Å². The fraction of sp³-hybridized carbons (Fsp3) is 0.733. The molecule has 2 rings (SSSR count). The lowest BCUT2D eigenvalue weighted by Gasteiger charge is -2.30. The van der Waals surface area contributed by atoms with Crippen molar-refractivity contribution in [2.45, 2.75) is 53.5 Å². The first kappa shape index (κ1) is 15.4. The number of halogens is 1. The van der Waals surface area contributed by atoms with E-state index < -0.39 is 0 Å². The molecule has 0 spiro atoms. The largest absolute Gasteiger partial charge is 0.311 e. The van der Waals surface area contributed by atoms with Crippen LogP contribution >= 0.6 is 11.6 Å². The Morgan fingerprint density at radius 3 is 2.35 bits per heavy atom.